The average molecular weight is 671 g/mol. The van der Waals surface area contributed by atoms with E-state index in [1.807, 2.05) is 57.2 Å². The molecule has 4 heterocycles. The maximum Gasteiger partial charge on any atom is 0.410 e. The monoisotopic (exact) mass is 669 g/mol. The van der Waals surface area contributed by atoms with Crippen LogP contribution >= 0.6 is 23.2 Å². The Morgan fingerprint density at radius 1 is 0.957 bits per heavy atom. The first-order chi connectivity index (χ1) is 21.9. The van der Waals surface area contributed by atoms with Gasteiger partial charge in [-0.3, -0.25) is 9.69 Å². The van der Waals surface area contributed by atoms with Gasteiger partial charge in [-0.15, -0.1) is 0 Å². The van der Waals surface area contributed by atoms with Crippen molar-refractivity contribution in [3.63, 3.8) is 0 Å². The number of anilines is 1. The van der Waals surface area contributed by atoms with Crippen LogP contribution in [0.1, 0.15) is 52.0 Å². The Balaban J connectivity index is 1.26. The molecule has 12 heteroatoms. The lowest BCUT2D eigenvalue weighted by molar-refractivity contribution is -0.137. The van der Waals surface area contributed by atoms with Gasteiger partial charge in [0, 0.05) is 60.8 Å². The quantitative estimate of drug-likeness (QED) is 0.250. The number of piperidine rings is 1. The van der Waals surface area contributed by atoms with Gasteiger partial charge in [-0.05, 0) is 101 Å². The van der Waals surface area contributed by atoms with Crippen molar-refractivity contribution in [3.8, 4) is 22.9 Å². The number of rotatable bonds is 9. The molecular weight excluding hydrogens is 629 g/mol. The Morgan fingerprint density at radius 2 is 1.65 bits per heavy atom. The summed E-state index contributed by atoms with van der Waals surface area (Å²) < 4.78 is 11.7. The van der Waals surface area contributed by atoms with Crippen molar-refractivity contribution in [3.05, 3.63) is 64.3 Å². The largest absolute Gasteiger partial charge is 0.481 e. The summed E-state index contributed by atoms with van der Waals surface area (Å²) in [6.07, 6.45) is 4.30. The minimum atomic E-state index is -0.733. The van der Waals surface area contributed by atoms with E-state index in [0.29, 0.717) is 66.0 Å². The predicted molar refractivity (Wildman–Crippen MR) is 179 cm³/mol. The van der Waals surface area contributed by atoms with Crippen LogP contribution in [-0.4, -0.2) is 81.8 Å². The normalized spacial score (nSPS) is 16.4. The van der Waals surface area contributed by atoms with Gasteiger partial charge in [0.05, 0.1) is 11.9 Å². The third kappa shape index (κ3) is 9.70. The van der Waals surface area contributed by atoms with Crippen LogP contribution in [0.15, 0.2) is 48.7 Å². The van der Waals surface area contributed by atoms with Crippen molar-refractivity contribution in [2.45, 2.75) is 58.6 Å². The standard InChI is InChI=1S/C34H41Cl2N5O5/c1-34(2,3)46-33(44)41-14-12-40(13-15-41)30-6-5-28(21-37-30)45-31-17-24(16-29(38-31)25-18-26(35)20-27(36)19-25)22-39-10-8-23(9-11-39)4-7-32(42)43/h5-6,16-21,23H,4,7-15,22H2,1-3H3,(H,42,43). The number of carboxylic acids is 1. The molecule has 2 aromatic heterocycles. The summed E-state index contributed by atoms with van der Waals surface area (Å²) in [5.74, 6) is 1.50. The molecule has 0 saturated carbocycles. The van der Waals surface area contributed by atoms with Crippen LogP contribution in [0.2, 0.25) is 10.0 Å². The van der Waals surface area contributed by atoms with E-state index < -0.39 is 11.6 Å². The summed E-state index contributed by atoms with van der Waals surface area (Å²) in [5, 5.41) is 10.1. The Morgan fingerprint density at radius 3 is 2.26 bits per heavy atom. The molecule has 246 valence electrons. The van der Waals surface area contributed by atoms with Gasteiger partial charge in [0.15, 0.2) is 0 Å². The summed E-state index contributed by atoms with van der Waals surface area (Å²) in [6, 6.07) is 13.1. The summed E-state index contributed by atoms with van der Waals surface area (Å²) in [6.45, 7) is 10.5. The molecular formula is C34H41Cl2N5O5. The third-order valence-electron chi connectivity index (χ3n) is 8.10. The second-order valence-corrected chi connectivity index (χ2v) is 13.8. The number of halogens is 2. The number of aliphatic carboxylic acids is 1. The van der Waals surface area contributed by atoms with E-state index in [1.54, 1.807) is 17.2 Å². The van der Waals surface area contributed by atoms with Crippen molar-refractivity contribution >= 4 is 41.1 Å². The summed E-state index contributed by atoms with van der Waals surface area (Å²) >= 11 is 12.7. The first-order valence-corrected chi connectivity index (χ1v) is 16.4. The van der Waals surface area contributed by atoms with Crippen LogP contribution in [0, 0.1) is 5.92 Å². The van der Waals surface area contributed by atoms with Gasteiger partial charge in [0.1, 0.15) is 17.2 Å². The first kappa shape index (κ1) is 33.8. The number of hydrogen-bond acceptors (Lipinski definition) is 8. The second-order valence-electron chi connectivity index (χ2n) is 12.9. The van der Waals surface area contributed by atoms with Crippen molar-refractivity contribution < 1.29 is 24.2 Å². The first-order valence-electron chi connectivity index (χ1n) is 15.7. The summed E-state index contributed by atoms with van der Waals surface area (Å²) in [7, 11) is 0. The highest BCUT2D eigenvalue weighted by atomic mass is 35.5. The fourth-order valence-electron chi connectivity index (χ4n) is 5.76. The molecule has 0 radical (unpaired) electrons. The Kier molecular flexibility index (Phi) is 10.9. The van der Waals surface area contributed by atoms with Crippen molar-refractivity contribution in [1.29, 1.82) is 0 Å². The molecule has 0 unspecified atom stereocenters. The van der Waals surface area contributed by atoms with Gasteiger partial charge in [-0.1, -0.05) is 23.2 Å². The number of carbonyl (C=O) groups excluding carboxylic acids is 1. The van der Waals surface area contributed by atoms with Gasteiger partial charge < -0.3 is 24.4 Å². The highest BCUT2D eigenvalue weighted by molar-refractivity contribution is 6.35. The third-order valence-corrected chi connectivity index (χ3v) is 8.53. The smallest absolute Gasteiger partial charge is 0.410 e. The lowest BCUT2D eigenvalue weighted by atomic mass is 9.92. The molecule has 3 aromatic rings. The van der Waals surface area contributed by atoms with Gasteiger partial charge in [-0.25, -0.2) is 14.8 Å². The average Bonchev–Trinajstić information content (AvgIpc) is 3.00. The molecule has 0 bridgehead atoms. The Bertz CT molecular complexity index is 1500. The van der Waals surface area contributed by atoms with Gasteiger partial charge in [-0.2, -0.15) is 0 Å². The van der Waals surface area contributed by atoms with Crippen LogP contribution in [0.5, 0.6) is 11.6 Å². The fraction of sp³-hybridized carbons (Fsp3) is 0.471. The number of amides is 1. The van der Waals surface area contributed by atoms with Gasteiger partial charge in [0.2, 0.25) is 5.88 Å². The minimum Gasteiger partial charge on any atom is -0.481 e. The number of likely N-dealkylation sites (tertiary alicyclic amines) is 1. The molecule has 0 spiro atoms. The van der Waals surface area contributed by atoms with E-state index >= 15 is 0 Å². The number of ether oxygens (including phenoxy) is 2. The highest BCUT2D eigenvalue weighted by Crippen LogP contribution is 2.31. The number of pyridine rings is 2. The Labute approximate surface area is 280 Å². The molecule has 0 atom stereocenters. The second kappa shape index (κ2) is 14.9. The number of piperazine rings is 1. The topological polar surface area (TPSA) is 108 Å². The number of carbonyl (C=O) groups is 2. The molecule has 2 fully saturated rings. The molecule has 1 N–H and O–H groups in total. The fourth-order valence-corrected chi connectivity index (χ4v) is 6.28. The van der Waals surface area contributed by atoms with E-state index in [0.717, 1.165) is 49.3 Å². The number of hydrogen-bond donors (Lipinski definition) is 1. The predicted octanol–water partition coefficient (Wildman–Crippen LogP) is 7.38. The zero-order chi connectivity index (χ0) is 32.8. The van der Waals surface area contributed by atoms with E-state index in [2.05, 4.69) is 14.8 Å². The lowest BCUT2D eigenvalue weighted by Crippen LogP contribution is -2.50. The zero-order valence-electron chi connectivity index (χ0n) is 26.5. The molecule has 1 amide bonds. The summed E-state index contributed by atoms with van der Waals surface area (Å²) in [4.78, 5) is 39.1. The van der Waals surface area contributed by atoms with E-state index in [4.69, 9.17) is 42.8 Å². The number of benzene rings is 1. The molecule has 2 saturated heterocycles. The molecule has 46 heavy (non-hydrogen) atoms. The molecule has 5 rings (SSSR count). The molecule has 10 nitrogen and oxygen atoms in total. The lowest BCUT2D eigenvalue weighted by Gasteiger charge is -2.36. The molecule has 2 aliphatic rings. The maximum absolute atomic E-state index is 12.4. The molecule has 2 aliphatic heterocycles. The van der Waals surface area contributed by atoms with Crippen LogP contribution < -0.4 is 9.64 Å². The van der Waals surface area contributed by atoms with E-state index in [9.17, 15) is 9.59 Å². The van der Waals surface area contributed by atoms with Gasteiger partial charge in [0.25, 0.3) is 0 Å². The highest BCUT2D eigenvalue weighted by Gasteiger charge is 2.26. The van der Waals surface area contributed by atoms with Gasteiger partial charge >= 0.3 is 12.1 Å². The van der Waals surface area contributed by atoms with Crippen LogP contribution in [0.4, 0.5) is 10.6 Å². The van der Waals surface area contributed by atoms with Crippen molar-refractivity contribution in [2.75, 3.05) is 44.2 Å². The number of carboxylic acid groups (broad SMARTS) is 1. The maximum atomic E-state index is 12.4. The SMILES string of the molecule is CC(C)(C)OC(=O)N1CCN(c2ccc(Oc3cc(CN4CCC(CCC(=O)O)CC4)cc(-c4cc(Cl)cc(Cl)c4)n3)cn2)CC1. The molecule has 1 aromatic carbocycles. The van der Waals surface area contributed by atoms with Crippen molar-refractivity contribution in [2.24, 2.45) is 5.92 Å². The van der Waals surface area contributed by atoms with E-state index in [-0.39, 0.29) is 12.5 Å². The van der Waals surface area contributed by atoms with Crippen LogP contribution in [0.25, 0.3) is 11.3 Å². The zero-order valence-corrected chi connectivity index (χ0v) is 28.1. The Hall–Kier alpha value is -3.60. The minimum absolute atomic E-state index is 0.224. The van der Waals surface area contributed by atoms with Crippen LogP contribution in [-0.2, 0) is 16.1 Å². The van der Waals surface area contributed by atoms with Crippen molar-refractivity contribution in [1.82, 2.24) is 19.8 Å². The number of nitrogens with zero attached hydrogens (tertiary/aromatic N) is 5. The number of aromatic nitrogens is 2. The van der Waals surface area contributed by atoms with E-state index in [1.165, 1.54) is 0 Å². The van der Waals surface area contributed by atoms with Crippen LogP contribution in [0.3, 0.4) is 0 Å². The molecule has 0 aliphatic carbocycles. The summed E-state index contributed by atoms with van der Waals surface area (Å²) in [5.41, 5.74) is 1.99.